The van der Waals surface area contributed by atoms with Crippen LogP contribution in [0.5, 0.6) is 0 Å². The summed E-state index contributed by atoms with van der Waals surface area (Å²) in [6.45, 7) is 9.44. The summed E-state index contributed by atoms with van der Waals surface area (Å²) < 4.78 is 0. The van der Waals surface area contributed by atoms with Gasteiger partial charge in [0.25, 0.3) is 0 Å². The highest BCUT2D eigenvalue weighted by Gasteiger charge is 2.24. The van der Waals surface area contributed by atoms with Gasteiger partial charge in [-0.15, -0.1) is 0 Å². The molecule has 0 aromatic carbocycles. The second-order valence-electron chi connectivity index (χ2n) is 11.8. The Morgan fingerprint density at radius 2 is 0.667 bits per heavy atom. The Balaban J connectivity index is 2.07. The zero-order valence-electron chi connectivity index (χ0n) is 25.4. The van der Waals surface area contributed by atoms with E-state index in [2.05, 4.69) is 43.0 Å². The van der Waals surface area contributed by atoms with E-state index < -0.39 is 0 Å². The fourth-order valence-electron chi connectivity index (χ4n) is 5.81. The summed E-state index contributed by atoms with van der Waals surface area (Å²) in [5.41, 5.74) is 0. The van der Waals surface area contributed by atoms with Gasteiger partial charge in [-0.2, -0.15) is 0 Å². The maximum absolute atomic E-state index is 2.68. The molecular formula is C34H68N2. The molecule has 0 saturated heterocycles. The molecule has 0 aliphatic carbocycles. The van der Waals surface area contributed by atoms with Gasteiger partial charge in [0.2, 0.25) is 0 Å². The molecule has 2 nitrogen and oxygen atoms in total. The summed E-state index contributed by atoms with van der Waals surface area (Å²) in [4.78, 5) is 5.33. The second kappa shape index (κ2) is 26.0. The van der Waals surface area contributed by atoms with Gasteiger partial charge < -0.3 is 9.80 Å². The van der Waals surface area contributed by atoms with Crippen LogP contribution in [0.3, 0.4) is 0 Å². The Morgan fingerprint density at radius 1 is 0.361 bits per heavy atom. The van der Waals surface area contributed by atoms with Crippen LogP contribution in [0.25, 0.3) is 0 Å². The molecule has 1 aliphatic rings. The fraction of sp³-hybridized carbons (Fsp3) is 0.941. The third-order valence-corrected chi connectivity index (χ3v) is 8.32. The predicted octanol–water partition coefficient (Wildman–Crippen LogP) is 11.6. The van der Waals surface area contributed by atoms with Crippen molar-refractivity contribution in [1.29, 1.82) is 0 Å². The molecule has 0 aromatic heterocycles. The van der Waals surface area contributed by atoms with E-state index in [4.69, 9.17) is 0 Å². The third-order valence-electron chi connectivity index (χ3n) is 8.32. The topological polar surface area (TPSA) is 6.48 Å². The minimum Gasteiger partial charge on any atom is -0.356 e. The number of nitrogens with zero attached hydrogens (tertiary/aromatic N) is 2. The molecule has 0 aromatic rings. The van der Waals surface area contributed by atoms with E-state index in [1.54, 1.807) is 0 Å². The normalized spacial score (nSPS) is 15.5. The summed E-state index contributed by atoms with van der Waals surface area (Å²) >= 11 is 0. The number of hydrogen-bond acceptors (Lipinski definition) is 2. The highest BCUT2D eigenvalue weighted by atomic mass is 15.4. The molecule has 2 heteroatoms. The van der Waals surface area contributed by atoms with Crippen LogP contribution in [0.2, 0.25) is 0 Å². The molecule has 1 aliphatic heterocycles. The summed E-state index contributed by atoms with van der Waals surface area (Å²) in [7, 11) is 0. The highest BCUT2D eigenvalue weighted by Crippen LogP contribution is 2.23. The molecule has 0 amide bonds. The van der Waals surface area contributed by atoms with E-state index >= 15 is 0 Å². The maximum atomic E-state index is 2.68. The summed E-state index contributed by atoms with van der Waals surface area (Å²) in [6.07, 6.45) is 42.6. The van der Waals surface area contributed by atoms with Crippen molar-refractivity contribution >= 4 is 0 Å². The van der Waals surface area contributed by atoms with Crippen LogP contribution >= 0.6 is 0 Å². The van der Waals surface area contributed by atoms with Gasteiger partial charge in [-0.05, 0) is 25.7 Å². The Kier molecular flexibility index (Phi) is 24.1. The molecule has 0 spiro atoms. The van der Waals surface area contributed by atoms with Crippen LogP contribution in [-0.2, 0) is 0 Å². The first-order valence-corrected chi connectivity index (χ1v) is 17.0. The van der Waals surface area contributed by atoms with Gasteiger partial charge >= 0.3 is 0 Å². The van der Waals surface area contributed by atoms with E-state index in [1.807, 2.05) is 0 Å². The highest BCUT2D eigenvalue weighted by molar-refractivity contribution is 4.96. The lowest BCUT2D eigenvalue weighted by Gasteiger charge is -2.33. The summed E-state index contributed by atoms with van der Waals surface area (Å²) in [6, 6.07) is 0. The van der Waals surface area contributed by atoms with E-state index in [0.29, 0.717) is 6.17 Å². The van der Waals surface area contributed by atoms with Crippen LogP contribution in [0.4, 0.5) is 0 Å². The fourth-order valence-corrected chi connectivity index (χ4v) is 5.81. The quantitative estimate of drug-likeness (QED) is 0.0977. The van der Waals surface area contributed by atoms with Crippen LogP contribution < -0.4 is 0 Å². The standard InChI is InChI=1S/C34H68N2/c1-4-7-10-12-14-16-17-18-19-20-21-23-25-27-29-34-35(30-9-6-3)32-33-36(34)31-28-26-24-22-15-13-11-8-5-2/h32-34H,4-31H2,1-3H3. The number of unbranched alkanes of at least 4 members (excludes halogenated alkanes) is 22. The third kappa shape index (κ3) is 18.6. The molecule has 0 N–H and O–H groups in total. The van der Waals surface area contributed by atoms with Crippen molar-refractivity contribution in [2.75, 3.05) is 13.1 Å². The van der Waals surface area contributed by atoms with Gasteiger partial charge in [0.1, 0.15) is 6.17 Å². The number of hydrogen-bond donors (Lipinski definition) is 0. The molecule has 0 fully saturated rings. The lowest BCUT2D eigenvalue weighted by Crippen LogP contribution is -2.39. The first-order valence-electron chi connectivity index (χ1n) is 17.0. The van der Waals surface area contributed by atoms with Crippen LogP contribution in [0.15, 0.2) is 12.4 Å². The van der Waals surface area contributed by atoms with E-state index in [1.165, 1.54) is 180 Å². The lowest BCUT2D eigenvalue weighted by atomic mass is 10.0. The largest absolute Gasteiger partial charge is 0.356 e. The zero-order valence-corrected chi connectivity index (χ0v) is 25.4. The van der Waals surface area contributed by atoms with Gasteiger partial charge in [0.15, 0.2) is 0 Å². The molecule has 0 radical (unpaired) electrons. The maximum Gasteiger partial charge on any atom is 0.101 e. The van der Waals surface area contributed by atoms with Crippen molar-refractivity contribution in [2.24, 2.45) is 0 Å². The first-order chi connectivity index (χ1) is 17.8. The van der Waals surface area contributed by atoms with Gasteiger partial charge in [0.05, 0.1) is 0 Å². The van der Waals surface area contributed by atoms with E-state index in [-0.39, 0.29) is 0 Å². The smallest absolute Gasteiger partial charge is 0.101 e. The minimum absolute atomic E-state index is 0.642. The van der Waals surface area contributed by atoms with Crippen molar-refractivity contribution in [3.63, 3.8) is 0 Å². The van der Waals surface area contributed by atoms with E-state index in [0.717, 1.165) is 0 Å². The Bertz CT molecular complexity index is 460. The van der Waals surface area contributed by atoms with Crippen molar-refractivity contribution < 1.29 is 0 Å². The predicted molar refractivity (Wildman–Crippen MR) is 163 cm³/mol. The van der Waals surface area contributed by atoms with Crippen molar-refractivity contribution in [1.82, 2.24) is 9.80 Å². The Morgan fingerprint density at radius 3 is 1.06 bits per heavy atom. The first kappa shape index (κ1) is 33.4. The Hall–Kier alpha value is -0.660. The SMILES string of the molecule is CCCCCCCCCCCCCCCCC1N(CCCC)C=CN1CCCCCCCCCCC. The molecule has 214 valence electrons. The molecule has 0 bridgehead atoms. The summed E-state index contributed by atoms with van der Waals surface area (Å²) in [5.74, 6) is 0. The van der Waals surface area contributed by atoms with Gasteiger partial charge in [-0.3, -0.25) is 0 Å². The van der Waals surface area contributed by atoms with Crippen molar-refractivity contribution in [2.45, 2.75) is 194 Å². The average Bonchev–Trinajstić information content (AvgIpc) is 3.27. The molecule has 1 atom stereocenters. The zero-order chi connectivity index (χ0) is 25.9. The van der Waals surface area contributed by atoms with Crippen molar-refractivity contribution in [3.8, 4) is 0 Å². The van der Waals surface area contributed by atoms with Crippen LogP contribution in [0.1, 0.15) is 188 Å². The van der Waals surface area contributed by atoms with Crippen molar-refractivity contribution in [3.05, 3.63) is 12.4 Å². The average molecular weight is 505 g/mol. The molecule has 1 unspecified atom stereocenters. The summed E-state index contributed by atoms with van der Waals surface area (Å²) in [5, 5.41) is 0. The van der Waals surface area contributed by atoms with E-state index in [9.17, 15) is 0 Å². The lowest BCUT2D eigenvalue weighted by molar-refractivity contribution is 0.136. The number of rotatable bonds is 28. The van der Waals surface area contributed by atoms with Gasteiger partial charge in [0, 0.05) is 25.5 Å². The molecule has 1 heterocycles. The molecular weight excluding hydrogens is 436 g/mol. The molecule has 0 saturated carbocycles. The minimum atomic E-state index is 0.642. The van der Waals surface area contributed by atoms with Gasteiger partial charge in [-0.25, -0.2) is 0 Å². The second-order valence-corrected chi connectivity index (χ2v) is 11.8. The Labute approximate surface area is 229 Å². The van der Waals surface area contributed by atoms with Crippen LogP contribution in [-0.4, -0.2) is 29.1 Å². The molecule has 36 heavy (non-hydrogen) atoms. The van der Waals surface area contributed by atoms with Gasteiger partial charge in [-0.1, -0.05) is 162 Å². The van der Waals surface area contributed by atoms with Crippen LogP contribution in [0, 0.1) is 0 Å². The molecule has 1 rings (SSSR count). The monoisotopic (exact) mass is 505 g/mol.